The van der Waals surface area contributed by atoms with Crippen LogP contribution in [0.4, 0.5) is 5.69 Å². The molecule has 0 radical (unpaired) electrons. The fourth-order valence-corrected chi connectivity index (χ4v) is 3.36. The molecule has 2 amide bonds. The van der Waals surface area contributed by atoms with Gasteiger partial charge in [0.25, 0.3) is 0 Å². The van der Waals surface area contributed by atoms with Gasteiger partial charge in [-0.05, 0) is 38.4 Å². The van der Waals surface area contributed by atoms with Crippen molar-refractivity contribution < 1.29 is 9.59 Å². The Morgan fingerprint density at radius 1 is 1.36 bits per heavy atom. The Kier molecular flexibility index (Phi) is 6.27. The largest absolute Gasteiger partial charge is 0.369 e. The number of nitrogens with zero attached hydrogens (tertiary/aromatic N) is 1. The summed E-state index contributed by atoms with van der Waals surface area (Å²) in [5.74, 6) is -0.176. The van der Waals surface area contributed by atoms with Gasteiger partial charge < -0.3 is 11.1 Å². The highest BCUT2D eigenvalue weighted by Gasteiger charge is 2.20. The van der Waals surface area contributed by atoms with Crippen LogP contribution in [0.1, 0.15) is 26.2 Å². The van der Waals surface area contributed by atoms with Gasteiger partial charge in [0.2, 0.25) is 11.8 Å². The van der Waals surface area contributed by atoms with Gasteiger partial charge in [-0.1, -0.05) is 18.6 Å². The van der Waals surface area contributed by atoms with E-state index in [1.165, 1.54) is 18.2 Å². The lowest BCUT2D eigenvalue weighted by Gasteiger charge is -2.32. The van der Waals surface area contributed by atoms with E-state index in [1.54, 1.807) is 0 Å². The molecular formula is C16H23N3O2S. The molecule has 1 heterocycles. The van der Waals surface area contributed by atoms with Gasteiger partial charge in [-0.25, -0.2) is 0 Å². The lowest BCUT2D eigenvalue weighted by molar-refractivity contribution is -0.118. The maximum absolute atomic E-state index is 12.3. The summed E-state index contributed by atoms with van der Waals surface area (Å²) in [5, 5.41) is 2.95. The van der Waals surface area contributed by atoms with Gasteiger partial charge in [-0.2, -0.15) is 0 Å². The maximum atomic E-state index is 12.3. The zero-order valence-corrected chi connectivity index (χ0v) is 13.7. The zero-order valence-electron chi connectivity index (χ0n) is 12.9. The zero-order chi connectivity index (χ0) is 15.9. The Bertz CT molecular complexity index is 536. The minimum atomic E-state index is -0.367. The molecule has 1 aliphatic rings. The van der Waals surface area contributed by atoms with Crippen molar-refractivity contribution in [2.24, 2.45) is 5.73 Å². The number of nitrogens with two attached hydrogens (primary N) is 1. The lowest BCUT2D eigenvalue weighted by Crippen LogP contribution is -2.42. The second kappa shape index (κ2) is 8.19. The molecule has 1 aliphatic heterocycles. The number of hydrogen-bond donors (Lipinski definition) is 2. The van der Waals surface area contributed by atoms with Crippen molar-refractivity contribution in [3.63, 3.8) is 0 Å². The molecule has 0 bridgehead atoms. The minimum Gasteiger partial charge on any atom is -0.369 e. The third-order valence-corrected chi connectivity index (χ3v) is 4.91. The number of anilines is 1. The van der Waals surface area contributed by atoms with Crippen LogP contribution in [0.2, 0.25) is 0 Å². The lowest BCUT2D eigenvalue weighted by atomic mass is 10.0. The molecule has 1 aromatic carbocycles. The minimum absolute atomic E-state index is 0.0131. The molecule has 0 aliphatic carbocycles. The van der Waals surface area contributed by atoms with E-state index in [-0.39, 0.29) is 17.6 Å². The molecule has 2 rings (SSSR count). The number of nitrogens with one attached hydrogen (secondary N) is 1. The third-order valence-electron chi connectivity index (χ3n) is 3.82. The molecule has 1 saturated heterocycles. The van der Waals surface area contributed by atoms with Crippen LogP contribution in [0, 0.1) is 0 Å². The Morgan fingerprint density at radius 2 is 2.14 bits per heavy atom. The van der Waals surface area contributed by atoms with Gasteiger partial charge >= 0.3 is 0 Å². The number of hydrogen-bond acceptors (Lipinski definition) is 4. The second-order valence-electron chi connectivity index (χ2n) is 5.61. The number of carbonyl (C=O) groups is 2. The average Bonchev–Trinajstić information content (AvgIpc) is 2.48. The Morgan fingerprint density at radius 3 is 2.86 bits per heavy atom. The molecule has 0 saturated carbocycles. The smallest absolute Gasteiger partial charge is 0.238 e. The summed E-state index contributed by atoms with van der Waals surface area (Å²) in [6.45, 7) is 3.56. The molecule has 120 valence electrons. The van der Waals surface area contributed by atoms with E-state index in [9.17, 15) is 9.59 Å². The first kappa shape index (κ1) is 16.8. The van der Waals surface area contributed by atoms with Crippen LogP contribution in [-0.2, 0) is 9.59 Å². The number of rotatable bonds is 6. The summed E-state index contributed by atoms with van der Waals surface area (Å²) < 4.78 is 0. The van der Waals surface area contributed by atoms with E-state index in [1.807, 2.05) is 24.3 Å². The van der Waals surface area contributed by atoms with E-state index in [4.69, 9.17) is 5.73 Å². The van der Waals surface area contributed by atoms with Gasteiger partial charge in [-0.3, -0.25) is 14.5 Å². The van der Waals surface area contributed by atoms with Crippen molar-refractivity contribution in [2.75, 3.05) is 24.2 Å². The molecule has 1 aromatic rings. The Hall–Kier alpha value is -1.53. The van der Waals surface area contributed by atoms with Gasteiger partial charge in [-0.15, -0.1) is 11.8 Å². The van der Waals surface area contributed by atoms with Crippen molar-refractivity contribution >= 4 is 29.3 Å². The molecule has 0 spiro atoms. The third kappa shape index (κ3) is 5.03. The Labute approximate surface area is 135 Å². The van der Waals surface area contributed by atoms with Crippen molar-refractivity contribution in [2.45, 2.75) is 37.1 Å². The van der Waals surface area contributed by atoms with Crippen molar-refractivity contribution in [1.29, 1.82) is 0 Å². The number of para-hydroxylation sites is 1. The van der Waals surface area contributed by atoms with Crippen LogP contribution in [0.15, 0.2) is 29.2 Å². The number of amides is 2. The molecule has 3 N–H and O–H groups in total. The van der Waals surface area contributed by atoms with E-state index in [0.29, 0.717) is 12.6 Å². The number of carbonyl (C=O) groups excluding carboxylic acids is 2. The first-order chi connectivity index (χ1) is 10.6. The molecule has 6 heteroatoms. The van der Waals surface area contributed by atoms with Crippen molar-refractivity contribution in [1.82, 2.24) is 4.90 Å². The number of benzene rings is 1. The first-order valence-corrected chi connectivity index (χ1v) is 8.59. The van der Waals surface area contributed by atoms with Crippen molar-refractivity contribution in [3.8, 4) is 0 Å². The monoisotopic (exact) mass is 321 g/mol. The maximum Gasteiger partial charge on any atom is 0.238 e. The predicted molar refractivity (Wildman–Crippen MR) is 89.9 cm³/mol. The van der Waals surface area contributed by atoms with E-state index in [0.717, 1.165) is 30.0 Å². The van der Waals surface area contributed by atoms with Crippen molar-refractivity contribution in [3.05, 3.63) is 24.3 Å². The summed E-state index contributed by atoms with van der Waals surface area (Å²) in [7, 11) is 0. The van der Waals surface area contributed by atoms with Crippen LogP contribution in [0.3, 0.4) is 0 Å². The highest BCUT2D eigenvalue weighted by Crippen LogP contribution is 2.26. The fourth-order valence-electron chi connectivity index (χ4n) is 2.61. The molecule has 0 unspecified atom stereocenters. The summed E-state index contributed by atoms with van der Waals surface area (Å²) in [6, 6.07) is 7.94. The first-order valence-electron chi connectivity index (χ1n) is 7.60. The molecule has 1 atom stereocenters. The standard InChI is InChI=1S/C16H23N3O2S/c1-12-6-4-5-9-19(12)10-16(21)18-13-7-2-3-8-14(13)22-11-15(17)20/h2-3,7-8,12H,4-6,9-11H2,1H3,(H2,17,20)(H,18,21)/t12-/m0/s1. The predicted octanol–water partition coefficient (Wildman–Crippen LogP) is 2.08. The Balaban J connectivity index is 1.94. The average molecular weight is 321 g/mol. The number of thioether (sulfide) groups is 1. The summed E-state index contributed by atoms with van der Waals surface area (Å²) in [5.41, 5.74) is 5.92. The van der Waals surface area contributed by atoms with Gasteiger partial charge in [0, 0.05) is 10.9 Å². The molecule has 5 nitrogen and oxygen atoms in total. The second-order valence-corrected chi connectivity index (χ2v) is 6.63. The van der Waals surface area contributed by atoms with Crippen LogP contribution < -0.4 is 11.1 Å². The number of likely N-dealkylation sites (tertiary alicyclic amines) is 1. The van der Waals surface area contributed by atoms with Crippen LogP contribution in [-0.4, -0.2) is 41.6 Å². The van der Waals surface area contributed by atoms with E-state index < -0.39 is 0 Å². The quantitative estimate of drug-likeness (QED) is 0.787. The molecule has 0 aromatic heterocycles. The van der Waals surface area contributed by atoms with Gasteiger partial charge in [0.1, 0.15) is 0 Å². The highest BCUT2D eigenvalue weighted by atomic mass is 32.2. The highest BCUT2D eigenvalue weighted by molar-refractivity contribution is 8.00. The molecule has 22 heavy (non-hydrogen) atoms. The van der Waals surface area contributed by atoms with Gasteiger partial charge in [0.05, 0.1) is 18.0 Å². The molecule has 1 fully saturated rings. The summed E-state index contributed by atoms with van der Waals surface area (Å²) in [6.07, 6.45) is 3.55. The van der Waals surface area contributed by atoms with Crippen LogP contribution in [0.25, 0.3) is 0 Å². The number of piperidine rings is 1. The topological polar surface area (TPSA) is 75.4 Å². The van der Waals surface area contributed by atoms with E-state index >= 15 is 0 Å². The fraction of sp³-hybridized carbons (Fsp3) is 0.500. The molecular weight excluding hydrogens is 298 g/mol. The normalized spacial score (nSPS) is 18.9. The summed E-state index contributed by atoms with van der Waals surface area (Å²) >= 11 is 1.34. The van der Waals surface area contributed by atoms with Crippen LogP contribution >= 0.6 is 11.8 Å². The van der Waals surface area contributed by atoms with Crippen LogP contribution in [0.5, 0.6) is 0 Å². The number of primary amides is 1. The SMILES string of the molecule is C[C@H]1CCCCN1CC(=O)Nc1ccccc1SCC(N)=O. The van der Waals surface area contributed by atoms with Gasteiger partial charge in [0.15, 0.2) is 0 Å². The summed E-state index contributed by atoms with van der Waals surface area (Å²) in [4.78, 5) is 26.3. The van der Waals surface area contributed by atoms with E-state index in [2.05, 4.69) is 17.1 Å².